The van der Waals surface area contributed by atoms with Gasteiger partial charge in [-0.15, -0.1) is 0 Å². The number of ether oxygens (including phenoxy) is 3. The quantitative estimate of drug-likeness (QED) is 0.129. The normalized spacial score (nSPS) is 20.6. The second-order valence-corrected chi connectivity index (χ2v) is 12.7. The lowest BCUT2D eigenvalue weighted by Gasteiger charge is -2.37. The highest BCUT2D eigenvalue weighted by atomic mass is 35.5. The third-order valence-corrected chi connectivity index (χ3v) is 9.18. The van der Waals surface area contributed by atoms with Crippen LogP contribution < -0.4 is 9.64 Å². The molecule has 6 rings (SSSR count). The largest absolute Gasteiger partial charge is 0.491 e. The minimum Gasteiger partial charge on any atom is -0.491 e. The number of anilines is 1. The van der Waals surface area contributed by atoms with E-state index in [-0.39, 0.29) is 31.9 Å². The summed E-state index contributed by atoms with van der Waals surface area (Å²) in [7, 11) is 0. The molecule has 0 bridgehead atoms. The summed E-state index contributed by atoms with van der Waals surface area (Å²) >= 11 is 12.7. The summed E-state index contributed by atoms with van der Waals surface area (Å²) in [5, 5.41) is 0.916. The molecule has 48 heavy (non-hydrogen) atoms. The van der Waals surface area contributed by atoms with Crippen molar-refractivity contribution in [2.45, 2.75) is 38.5 Å². The van der Waals surface area contributed by atoms with Crippen LogP contribution in [-0.4, -0.2) is 66.1 Å². The zero-order valence-corrected chi connectivity index (χ0v) is 27.8. The van der Waals surface area contributed by atoms with Crippen LogP contribution >= 0.6 is 23.2 Å². The van der Waals surface area contributed by atoms with Gasteiger partial charge < -0.3 is 28.6 Å². The van der Waals surface area contributed by atoms with Crippen molar-refractivity contribution in [3.63, 3.8) is 0 Å². The molecule has 2 unspecified atom stereocenters. The summed E-state index contributed by atoms with van der Waals surface area (Å²) < 4.78 is 78.1. The number of halogens is 6. The Kier molecular flexibility index (Phi) is 9.94. The smallest absolute Gasteiger partial charge is 0.421 e. The number of alkyl halides is 3. The Labute approximate surface area is 286 Å². The Morgan fingerprint density at radius 1 is 0.979 bits per heavy atom. The fourth-order valence-electron chi connectivity index (χ4n) is 5.93. The van der Waals surface area contributed by atoms with Crippen molar-refractivity contribution >= 4 is 34.5 Å². The summed E-state index contributed by atoms with van der Waals surface area (Å²) in [4.78, 5) is 7.28. The first-order chi connectivity index (χ1) is 22.9. The summed E-state index contributed by atoms with van der Waals surface area (Å²) in [6.07, 6.45) is -0.0891. The molecule has 1 aromatic heterocycles. The van der Waals surface area contributed by atoms with Crippen molar-refractivity contribution in [2.24, 2.45) is 0 Å². The molecule has 0 saturated carbocycles. The molecule has 2 atom stereocenters. The first kappa shape index (κ1) is 34.1. The molecule has 4 aromatic rings. The van der Waals surface area contributed by atoms with Gasteiger partial charge in [-0.05, 0) is 66.9 Å². The standard InChI is InChI=1S/C35H34Cl2F4N4O3/c1-23-3-4-25(17-24(23)2)32(35(39,40)41)33(38)45-15-13-44(14-16-45)27-6-8-28(9-7-27)46-19-29-20-47-34(48-29,21-43-12-11-42-22-43)30-10-5-26(36)18-31(30)37/h3-12,17-18,22,29H,13-16,19-21H2,1-2H3/b33-32+. The van der Waals surface area contributed by atoms with Crippen LogP contribution in [0.3, 0.4) is 0 Å². The van der Waals surface area contributed by atoms with E-state index in [1.165, 1.54) is 17.0 Å². The van der Waals surface area contributed by atoms with Crippen LogP contribution in [0.4, 0.5) is 23.2 Å². The van der Waals surface area contributed by atoms with E-state index >= 15 is 4.39 Å². The number of rotatable bonds is 9. The van der Waals surface area contributed by atoms with Gasteiger partial charge in [-0.3, -0.25) is 0 Å². The molecular weight excluding hydrogens is 671 g/mol. The van der Waals surface area contributed by atoms with Crippen LogP contribution in [0.15, 0.2) is 85.3 Å². The van der Waals surface area contributed by atoms with Gasteiger partial charge in [0.1, 0.15) is 24.0 Å². The molecular formula is C35H34Cl2F4N4O3. The van der Waals surface area contributed by atoms with Gasteiger partial charge in [0.2, 0.25) is 11.7 Å². The Morgan fingerprint density at radius 3 is 2.38 bits per heavy atom. The van der Waals surface area contributed by atoms with Gasteiger partial charge >= 0.3 is 6.18 Å². The molecule has 254 valence electrons. The molecule has 0 spiro atoms. The van der Waals surface area contributed by atoms with Gasteiger partial charge in [-0.2, -0.15) is 17.6 Å². The molecule has 0 aliphatic carbocycles. The maximum Gasteiger partial charge on any atom is 0.421 e. The van der Waals surface area contributed by atoms with E-state index < -0.39 is 29.6 Å². The fraction of sp³-hybridized carbons (Fsp3) is 0.343. The average Bonchev–Trinajstić information content (AvgIpc) is 3.72. The Hall–Kier alpha value is -3.77. The number of hydrogen-bond donors (Lipinski definition) is 0. The number of benzene rings is 3. The van der Waals surface area contributed by atoms with Crippen molar-refractivity contribution in [3.05, 3.63) is 118 Å². The molecule has 2 aliphatic heterocycles. The van der Waals surface area contributed by atoms with Crippen LogP contribution in [0.25, 0.3) is 5.57 Å². The van der Waals surface area contributed by atoms with Crippen molar-refractivity contribution in [2.75, 3.05) is 44.3 Å². The predicted molar refractivity (Wildman–Crippen MR) is 177 cm³/mol. The predicted octanol–water partition coefficient (Wildman–Crippen LogP) is 8.18. The number of aryl methyl sites for hydroxylation is 2. The first-order valence-corrected chi connectivity index (χ1v) is 16.2. The number of piperazine rings is 1. The lowest BCUT2D eigenvalue weighted by molar-refractivity contribution is -0.189. The average molecular weight is 706 g/mol. The van der Waals surface area contributed by atoms with E-state index in [4.69, 9.17) is 37.4 Å². The minimum atomic E-state index is -4.83. The van der Waals surface area contributed by atoms with Crippen molar-refractivity contribution in [1.82, 2.24) is 14.5 Å². The Bertz CT molecular complexity index is 1760. The SMILES string of the molecule is Cc1ccc(/C(=C(/F)N2CCN(c3ccc(OCC4COC(Cn5ccnc5)(c5ccc(Cl)cc5Cl)O4)cc3)CC2)C(F)(F)F)cc1C. The van der Waals surface area contributed by atoms with E-state index in [1.807, 2.05) is 39.9 Å². The van der Waals surface area contributed by atoms with E-state index in [1.54, 1.807) is 50.6 Å². The second kappa shape index (κ2) is 14.0. The lowest BCUT2D eigenvalue weighted by atomic mass is 10.00. The summed E-state index contributed by atoms with van der Waals surface area (Å²) in [6, 6.07) is 16.8. The number of nitrogens with zero attached hydrogens (tertiary/aromatic N) is 4. The van der Waals surface area contributed by atoms with Crippen molar-refractivity contribution in [1.29, 1.82) is 0 Å². The van der Waals surface area contributed by atoms with E-state index in [9.17, 15) is 13.2 Å². The highest BCUT2D eigenvalue weighted by molar-refractivity contribution is 6.35. The summed E-state index contributed by atoms with van der Waals surface area (Å²) in [5.74, 6) is -1.81. The third-order valence-electron chi connectivity index (χ3n) is 8.63. The highest BCUT2D eigenvalue weighted by Gasteiger charge is 2.45. The van der Waals surface area contributed by atoms with Gasteiger partial charge in [-0.25, -0.2) is 4.98 Å². The number of imidazole rings is 1. The summed E-state index contributed by atoms with van der Waals surface area (Å²) in [5.41, 5.74) is 1.60. The van der Waals surface area contributed by atoms with Gasteiger partial charge in [0.25, 0.3) is 0 Å². The van der Waals surface area contributed by atoms with Gasteiger partial charge in [-0.1, -0.05) is 47.5 Å². The maximum absolute atomic E-state index is 15.5. The molecule has 2 aliphatic rings. The molecule has 0 N–H and O–H groups in total. The Morgan fingerprint density at radius 2 is 1.73 bits per heavy atom. The molecule has 13 heteroatoms. The van der Waals surface area contributed by atoms with E-state index in [0.717, 1.165) is 11.3 Å². The van der Waals surface area contributed by atoms with Crippen LogP contribution in [0.5, 0.6) is 5.75 Å². The molecule has 7 nitrogen and oxygen atoms in total. The van der Waals surface area contributed by atoms with E-state index in [2.05, 4.69) is 4.98 Å². The van der Waals surface area contributed by atoms with Crippen LogP contribution in [0.2, 0.25) is 10.0 Å². The highest BCUT2D eigenvalue weighted by Crippen LogP contribution is 2.41. The molecule has 2 saturated heterocycles. The topological polar surface area (TPSA) is 52.0 Å². The lowest BCUT2D eigenvalue weighted by Crippen LogP contribution is -2.45. The monoisotopic (exact) mass is 704 g/mol. The van der Waals surface area contributed by atoms with Crippen molar-refractivity contribution < 1.29 is 31.8 Å². The molecule has 0 amide bonds. The van der Waals surface area contributed by atoms with Gasteiger partial charge in [0.15, 0.2) is 0 Å². The summed E-state index contributed by atoms with van der Waals surface area (Å²) in [6.45, 7) is 5.22. The Balaban J connectivity index is 1.07. The van der Waals surface area contributed by atoms with Gasteiger partial charge in [0, 0.05) is 54.8 Å². The molecule has 0 radical (unpaired) electrons. The molecule has 2 fully saturated rings. The maximum atomic E-state index is 15.5. The third kappa shape index (κ3) is 7.44. The number of aromatic nitrogens is 2. The van der Waals surface area contributed by atoms with Crippen LogP contribution in [0.1, 0.15) is 22.3 Å². The van der Waals surface area contributed by atoms with Crippen LogP contribution in [-0.2, 0) is 21.8 Å². The number of allylic oxidation sites excluding steroid dienone is 1. The van der Waals surface area contributed by atoms with Crippen LogP contribution in [0, 0.1) is 13.8 Å². The molecule has 3 aromatic carbocycles. The number of hydrogen-bond acceptors (Lipinski definition) is 6. The van der Waals surface area contributed by atoms with Gasteiger partial charge in [0.05, 0.1) is 24.5 Å². The fourth-order valence-corrected chi connectivity index (χ4v) is 6.49. The zero-order valence-electron chi connectivity index (χ0n) is 26.3. The zero-order chi connectivity index (χ0) is 34.1. The minimum absolute atomic E-state index is 0.103. The van der Waals surface area contributed by atoms with E-state index in [0.29, 0.717) is 46.6 Å². The molecule has 3 heterocycles. The second-order valence-electron chi connectivity index (χ2n) is 11.9. The first-order valence-electron chi connectivity index (χ1n) is 15.4. The van der Waals surface area contributed by atoms with Crippen molar-refractivity contribution in [3.8, 4) is 5.75 Å².